The minimum Gasteiger partial charge on any atom is -0.462 e. The average molecular weight is 275 g/mol. The van der Waals surface area contributed by atoms with Crippen LogP contribution in [0.2, 0.25) is 0 Å². The lowest BCUT2D eigenvalue weighted by molar-refractivity contribution is 0.0525. The maximum absolute atomic E-state index is 13.0. The van der Waals surface area contributed by atoms with E-state index in [2.05, 4.69) is 4.98 Å². The van der Waals surface area contributed by atoms with Gasteiger partial charge in [-0.1, -0.05) is 12.1 Å². The third-order valence-electron chi connectivity index (χ3n) is 2.80. The van der Waals surface area contributed by atoms with E-state index in [0.29, 0.717) is 16.8 Å². The zero-order valence-corrected chi connectivity index (χ0v) is 11.2. The first-order valence-electron chi connectivity index (χ1n) is 6.20. The number of carbonyl (C=O) groups excluding carboxylic acids is 1. The molecule has 104 valence electrons. The summed E-state index contributed by atoms with van der Waals surface area (Å²) < 4.78 is 17.9. The van der Waals surface area contributed by atoms with E-state index in [1.165, 1.54) is 24.3 Å². The van der Waals surface area contributed by atoms with Crippen molar-refractivity contribution in [3.8, 4) is 11.1 Å². The molecule has 0 atom stereocenters. The van der Waals surface area contributed by atoms with Crippen LogP contribution in [0.1, 0.15) is 23.0 Å². The third kappa shape index (κ3) is 2.77. The predicted octanol–water partition coefficient (Wildman–Crippen LogP) is 2.67. The first kappa shape index (κ1) is 14.0. The Morgan fingerprint density at radius 1 is 1.30 bits per heavy atom. The number of carbonyl (C=O) groups is 1. The Morgan fingerprint density at radius 2 is 1.95 bits per heavy atom. The molecule has 4 nitrogen and oxygen atoms in total. The number of benzene rings is 1. The van der Waals surface area contributed by atoms with Crippen LogP contribution in [0.5, 0.6) is 0 Å². The standard InChI is InChI=1S/C15H14FNO3/c1-3-20-15(19)13-12(8-9(2)17-14(13)18)10-4-6-11(16)7-5-10/h4-8H,3H2,1-2H3,(H,17,18). The van der Waals surface area contributed by atoms with Gasteiger partial charge in [0.05, 0.1) is 6.61 Å². The van der Waals surface area contributed by atoms with E-state index in [1.54, 1.807) is 19.9 Å². The normalized spacial score (nSPS) is 10.3. The third-order valence-corrected chi connectivity index (χ3v) is 2.80. The monoisotopic (exact) mass is 275 g/mol. The maximum atomic E-state index is 13.0. The summed E-state index contributed by atoms with van der Waals surface area (Å²) in [5, 5.41) is 0. The fourth-order valence-corrected chi connectivity index (χ4v) is 1.95. The van der Waals surface area contributed by atoms with Crippen LogP contribution in [0.15, 0.2) is 35.1 Å². The van der Waals surface area contributed by atoms with Crippen molar-refractivity contribution in [2.24, 2.45) is 0 Å². The number of esters is 1. The van der Waals surface area contributed by atoms with Crippen LogP contribution < -0.4 is 5.56 Å². The first-order valence-corrected chi connectivity index (χ1v) is 6.20. The molecule has 0 saturated heterocycles. The van der Waals surface area contributed by atoms with Gasteiger partial charge in [-0.3, -0.25) is 4.79 Å². The molecular formula is C15H14FNO3. The lowest BCUT2D eigenvalue weighted by atomic mass is 10.0. The zero-order chi connectivity index (χ0) is 14.7. The second-order valence-corrected chi connectivity index (χ2v) is 4.30. The van der Waals surface area contributed by atoms with Gasteiger partial charge in [0.1, 0.15) is 11.4 Å². The summed E-state index contributed by atoms with van der Waals surface area (Å²) in [7, 11) is 0. The average Bonchev–Trinajstić information content (AvgIpc) is 2.38. The van der Waals surface area contributed by atoms with Gasteiger partial charge in [0, 0.05) is 11.3 Å². The van der Waals surface area contributed by atoms with Crippen LogP contribution in [0.3, 0.4) is 0 Å². The Kier molecular flexibility index (Phi) is 3.98. The highest BCUT2D eigenvalue weighted by atomic mass is 19.1. The molecule has 1 aromatic carbocycles. The smallest absolute Gasteiger partial charge is 0.344 e. The largest absolute Gasteiger partial charge is 0.462 e. The minimum absolute atomic E-state index is 0.0657. The molecule has 0 aliphatic carbocycles. The van der Waals surface area contributed by atoms with Gasteiger partial charge in [0.15, 0.2) is 0 Å². The molecule has 2 aromatic rings. The Labute approximate surface area is 115 Å². The highest BCUT2D eigenvalue weighted by Gasteiger charge is 2.19. The van der Waals surface area contributed by atoms with Crippen molar-refractivity contribution in [2.75, 3.05) is 6.61 Å². The molecule has 5 heteroatoms. The second kappa shape index (κ2) is 5.69. The lowest BCUT2D eigenvalue weighted by Gasteiger charge is -2.09. The molecular weight excluding hydrogens is 261 g/mol. The predicted molar refractivity (Wildman–Crippen MR) is 73.2 cm³/mol. The van der Waals surface area contributed by atoms with Gasteiger partial charge < -0.3 is 9.72 Å². The molecule has 0 spiro atoms. The van der Waals surface area contributed by atoms with E-state index in [9.17, 15) is 14.0 Å². The Morgan fingerprint density at radius 3 is 2.55 bits per heavy atom. The van der Waals surface area contributed by atoms with E-state index < -0.39 is 11.5 Å². The van der Waals surface area contributed by atoms with E-state index >= 15 is 0 Å². The number of aromatic amines is 1. The molecule has 0 amide bonds. The van der Waals surface area contributed by atoms with Crippen LogP contribution in [-0.2, 0) is 4.74 Å². The van der Waals surface area contributed by atoms with Gasteiger partial charge >= 0.3 is 5.97 Å². The van der Waals surface area contributed by atoms with Crippen molar-refractivity contribution in [1.29, 1.82) is 0 Å². The van der Waals surface area contributed by atoms with Crippen LogP contribution >= 0.6 is 0 Å². The molecule has 1 aromatic heterocycles. The number of aromatic nitrogens is 1. The Balaban J connectivity index is 2.64. The lowest BCUT2D eigenvalue weighted by Crippen LogP contribution is -2.22. The number of hydrogen-bond acceptors (Lipinski definition) is 3. The maximum Gasteiger partial charge on any atom is 0.344 e. The van der Waals surface area contributed by atoms with Crippen molar-refractivity contribution >= 4 is 5.97 Å². The highest BCUT2D eigenvalue weighted by Crippen LogP contribution is 2.23. The highest BCUT2D eigenvalue weighted by molar-refractivity contribution is 5.96. The van der Waals surface area contributed by atoms with Crippen LogP contribution in [0.4, 0.5) is 4.39 Å². The summed E-state index contributed by atoms with van der Waals surface area (Å²) >= 11 is 0. The summed E-state index contributed by atoms with van der Waals surface area (Å²) in [5.74, 6) is -1.07. The molecule has 0 saturated carbocycles. The SMILES string of the molecule is CCOC(=O)c1c(-c2ccc(F)cc2)cc(C)[nH]c1=O. The van der Waals surface area contributed by atoms with Gasteiger partial charge in [-0.15, -0.1) is 0 Å². The van der Waals surface area contributed by atoms with Crippen LogP contribution in [0.25, 0.3) is 11.1 Å². The van der Waals surface area contributed by atoms with Crippen molar-refractivity contribution in [1.82, 2.24) is 4.98 Å². The number of H-pyrrole nitrogens is 1. The molecule has 1 heterocycles. The van der Waals surface area contributed by atoms with Crippen molar-refractivity contribution in [3.63, 3.8) is 0 Å². The number of nitrogens with one attached hydrogen (secondary N) is 1. The number of halogens is 1. The summed E-state index contributed by atoms with van der Waals surface area (Å²) in [4.78, 5) is 26.5. The summed E-state index contributed by atoms with van der Waals surface area (Å²) in [5.41, 5.74) is 1.06. The van der Waals surface area contributed by atoms with E-state index in [1.807, 2.05) is 0 Å². The van der Waals surface area contributed by atoms with E-state index in [4.69, 9.17) is 4.74 Å². The number of aryl methyl sites for hydroxylation is 1. The van der Waals surface area contributed by atoms with Crippen LogP contribution in [-0.4, -0.2) is 17.6 Å². The molecule has 0 fully saturated rings. The number of rotatable bonds is 3. The van der Waals surface area contributed by atoms with Gasteiger partial charge in [-0.2, -0.15) is 0 Å². The van der Waals surface area contributed by atoms with E-state index in [-0.39, 0.29) is 18.0 Å². The second-order valence-electron chi connectivity index (χ2n) is 4.30. The molecule has 0 bridgehead atoms. The fraction of sp³-hybridized carbons (Fsp3) is 0.200. The molecule has 0 radical (unpaired) electrons. The number of ether oxygens (including phenoxy) is 1. The first-order chi connectivity index (χ1) is 9.52. The molecule has 0 aliphatic heterocycles. The van der Waals surface area contributed by atoms with Gasteiger partial charge in [-0.05, 0) is 37.6 Å². The molecule has 1 N–H and O–H groups in total. The summed E-state index contributed by atoms with van der Waals surface area (Å²) in [6, 6.07) is 7.26. The minimum atomic E-state index is -0.687. The molecule has 20 heavy (non-hydrogen) atoms. The zero-order valence-electron chi connectivity index (χ0n) is 11.2. The van der Waals surface area contributed by atoms with Gasteiger partial charge in [-0.25, -0.2) is 9.18 Å². The molecule has 0 unspecified atom stereocenters. The molecule has 0 aliphatic rings. The quantitative estimate of drug-likeness (QED) is 0.876. The van der Waals surface area contributed by atoms with Crippen molar-refractivity contribution < 1.29 is 13.9 Å². The van der Waals surface area contributed by atoms with Crippen molar-refractivity contribution in [3.05, 3.63) is 57.8 Å². The van der Waals surface area contributed by atoms with Crippen LogP contribution in [0, 0.1) is 12.7 Å². The van der Waals surface area contributed by atoms with Gasteiger partial charge in [0.2, 0.25) is 0 Å². The Hall–Kier alpha value is -2.43. The Bertz CT molecular complexity index is 689. The molecule has 2 rings (SSSR count). The fourth-order valence-electron chi connectivity index (χ4n) is 1.95. The summed E-state index contributed by atoms with van der Waals surface area (Å²) in [6.45, 7) is 3.55. The number of pyridine rings is 1. The summed E-state index contributed by atoms with van der Waals surface area (Å²) in [6.07, 6.45) is 0. The topological polar surface area (TPSA) is 59.2 Å². The van der Waals surface area contributed by atoms with Crippen molar-refractivity contribution in [2.45, 2.75) is 13.8 Å². The van der Waals surface area contributed by atoms with E-state index in [0.717, 1.165) is 0 Å². The number of hydrogen-bond donors (Lipinski definition) is 1. The van der Waals surface area contributed by atoms with Gasteiger partial charge in [0.25, 0.3) is 5.56 Å².